The summed E-state index contributed by atoms with van der Waals surface area (Å²) in [6.45, 7) is 10.2. The Hall–Kier alpha value is -0.520. The summed E-state index contributed by atoms with van der Waals surface area (Å²) in [5.41, 5.74) is 1.48. The van der Waals surface area contributed by atoms with Crippen molar-refractivity contribution in [1.29, 1.82) is 0 Å². The molecule has 0 spiro atoms. The van der Waals surface area contributed by atoms with Gasteiger partial charge in [0, 0.05) is 0 Å². The number of allylic oxidation sites excluding steroid dienone is 3. The zero-order valence-corrected chi connectivity index (χ0v) is 6.65. The highest BCUT2D eigenvalue weighted by atomic mass is 14.0. The molecule has 0 nitrogen and oxygen atoms in total. The number of rotatable bonds is 3. The topological polar surface area (TPSA) is 0 Å². The van der Waals surface area contributed by atoms with Gasteiger partial charge >= 0.3 is 0 Å². The Kier molecular flexibility index (Phi) is 4.12. The lowest BCUT2D eigenvalue weighted by Crippen LogP contribution is -1.90. The molecule has 0 amide bonds. The smallest absolute Gasteiger partial charge is 0.0139 e. The van der Waals surface area contributed by atoms with Crippen LogP contribution in [-0.2, 0) is 0 Å². The van der Waals surface area contributed by atoms with Crippen LogP contribution in [0.15, 0.2) is 24.3 Å². The van der Waals surface area contributed by atoms with Crippen molar-refractivity contribution in [1.82, 2.24) is 0 Å². The minimum atomic E-state index is 0.674. The van der Waals surface area contributed by atoms with Gasteiger partial charge in [0.15, 0.2) is 0 Å². The molecule has 0 bridgehead atoms. The maximum Gasteiger partial charge on any atom is -0.0139 e. The van der Waals surface area contributed by atoms with E-state index in [-0.39, 0.29) is 0 Å². The highest BCUT2D eigenvalue weighted by Crippen LogP contribution is 2.12. The van der Waals surface area contributed by atoms with Crippen LogP contribution in [0.5, 0.6) is 0 Å². The van der Waals surface area contributed by atoms with Crippen molar-refractivity contribution >= 4 is 0 Å². The Morgan fingerprint density at radius 3 is 2.22 bits per heavy atom. The first-order chi connectivity index (χ1) is 4.22. The molecule has 0 saturated heterocycles. The Morgan fingerprint density at radius 2 is 2.11 bits per heavy atom. The van der Waals surface area contributed by atoms with Crippen molar-refractivity contribution in [2.75, 3.05) is 0 Å². The second-order valence-electron chi connectivity index (χ2n) is 2.51. The van der Waals surface area contributed by atoms with Crippen LogP contribution in [0.2, 0.25) is 0 Å². The maximum absolute atomic E-state index is 3.69. The average molecular weight is 124 g/mol. The molecule has 0 heteroatoms. The lowest BCUT2D eigenvalue weighted by atomic mass is 10.0. The molecule has 0 fully saturated rings. The third-order valence-electron chi connectivity index (χ3n) is 1.49. The zero-order valence-electron chi connectivity index (χ0n) is 6.65. The van der Waals surface area contributed by atoms with E-state index in [2.05, 4.69) is 33.4 Å². The van der Waals surface area contributed by atoms with Gasteiger partial charge in [-0.2, -0.15) is 0 Å². The second kappa shape index (κ2) is 4.37. The third kappa shape index (κ3) is 3.12. The fraction of sp³-hybridized carbons (Fsp3) is 0.556. The van der Waals surface area contributed by atoms with Crippen molar-refractivity contribution in [3.63, 3.8) is 0 Å². The predicted octanol–water partition coefficient (Wildman–Crippen LogP) is 3.16. The first kappa shape index (κ1) is 8.48. The van der Waals surface area contributed by atoms with E-state index >= 15 is 0 Å². The van der Waals surface area contributed by atoms with Gasteiger partial charge in [0.1, 0.15) is 0 Å². The molecule has 0 unspecified atom stereocenters. The van der Waals surface area contributed by atoms with E-state index in [1.165, 1.54) is 5.57 Å². The number of hydrogen-bond donors (Lipinski definition) is 0. The minimum absolute atomic E-state index is 0.674. The molecule has 0 aromatic carbocycles. The molecule has 0 saturated carbocycles. The van der Waals surface area contributed by atoms with Gasteiger partial charge in [-0.1, -0.05) is 31.6 Å². The first-order valence-corrected chi connectivity index (χ1v) is 3.48. The molecular weight excluding hydrogens is 108 g/mol. The minimum Gasteiger partial charge on any atom is -0.103 e. The van der Waals surface area contributed by atoms with Crippen LogP contribution in [0, 0.1) is 5.92 Å². The molecule has 0 aromatic rings. The van der Waals surface area contributed by atoms with Crippen LogP contribution >= 0.6 is 0 Å². The van der Waals surface area contributed by atoms with Crippen LogP contribution in [0.4, 0.5) is 0 Å². The Bertz CT molecular complexity index is 107. The van der Waals surface area contributed by atoms with E-state index in [1.807, 2.05) is 6.08 Å². The first-order valence-electron chi connectivity index (χ1n) is 3.48. The molecular formula is C9H16. The van der Waals surface area contributed by atoms with Gasteiger partial charge in [-0.05, 0) is 19.3 Å². The van der Waals surface area contributed by atoms with E-state index in [9.17, 15) is 0 Å². The zero-order chi connectivity index (χ0) is 7.28. The van der Waals surface area contributed by atoms with Crippen molar-refractivity contribution in [2.24, 2.45) is 5.92 Å². The summed E-state index contributed by atoms with van der Waals surface area (Å²) in [7, 11) is 0. The quantitative estimate of drug-likeness (QED) is 0.507. The molecule has 0 radical (unpaired) electrons. The molecule has 9 heavy (non-hydrogen) atoms. The fourth-order valence-corrected chi connectivity index (χ4v) is 0.854. The van der Waals surface area contributed by atoms with Gasteiger partial charge in [0.2, 0.25) is 0 Å². The summed E-state index contributed by atoms with van der Waals surface area (Å²) in [4.78, 5) is 0. The summed E-state index contributed by atoms with van der Waals surface area (Å²) < 4.78 is 0. The molecule has 0 N–H and O–H groups in total. The molecule has 0 heterocycles. The summed E-state index contributed by atoms with van der Waals surface area (Å²) in [5.74, 6) is 0.674. The molecule has 0 atom stereocenters. The highest BCUT2D eigenvalue weighted by Gasteiger charge is 1.97. The molecule has 0 aromatic heterocycles. The van der Waals surface area contributed by atoms with E-state index in [0.29, 0.717) is 5.92 Å². The van der Waals surface area contributed by atoms with E-state index in [4.69, 9.17) is 0 Å². The number of hydrogen-bond acceptors (Lipinski definition) is 0. The van der Waals surface area contributed by atoms with Gasteiger partial charge < -0.3 is 0 Å². The predicted molar refractivity (Wildman–Crippen MR) is 43.4 cm³/mol. The molecule has 0 aliphatic heterocycles. The van der Waals surface area contributed by atoms with Crippen LogP contribution in [0.1, 0.15) is 27.2 Å². The molecule has 0 aliphatic rings. The SMILES string of the molecule is C=CCC(=CC)C(C)C. The Morgan fingerprint density at radius 1 is 1.56 bits per heavy atom. The summed E-state index contributed by atoms with van der Waals surface area (Å²) >= 11 is 0. The Labute approximate surface area is 58.3 Å². The third-order valence-corrected chi connectivity index (χ3v) is 1.49. The van der Waals surface area contributed by atoms with Gasteiger partial charge in [-0.15, -0.1) is 6.58 Å². The van der Waals surface area contributed by atoms with Gasteiger partial charge in [0.05, 0.1) is 0 Å². The normalized spacial score (nSPS) is 12.2. The average Bonchev–Trinajstić information content (AvgIpc) is 1.82. The van der Waals surface area contributed by atoms with Crippen molar-refractivity contribution in [3.8, 4) is 0 Å². The van der Waals surface area contributed by atoms with Gasteiger partial charge in [-0.3, -0.25) is 0 Å². The second-order valence-corrected chi connectivity index (χ2v) is 2.51. The van der Waals surface area contributed by atoms with Crippen molar-refractivity contribution < 1.29 is 0 Å². The summed E-state index contributed by atoms with van der Waals surface area (Å²) in [6.07, 6.45) is 5.16. The van der Waals surface area contributed by atoms with Crippen LogP contribution in [0.25, 0.3) is 0 Å². The lowest BCUT2D eigenvalue weighted by molar-refractivity contribution is 0.745. The largest absolute Gasteiger partial charge is 0.103 e. The van der Waals surface area contributed by atoms with E-state index in [1.54, 1.807) is 0 Å². The monoisotopic (exact) mass is 124 g/mol. The summed E-state index contributed by atoms with van der Waals surface area (Å²) in [6, 6.07) is 0. The van der Waals surface area contributed by atoms with Crippen molar-refractivity contribution in [2.45, 2.75) is 27.2 Å². The van der Waals surface area contributed by atoms with Gasteiger partial charge in [-0.25, -0.2) is 0 Å². The fourth-order valence-electron chi connectivity index (χ4n) is 0.854. The Balaban J connectivity index is 3.84. The molecule has 0 rings (SSSR count). The molecule has 0 aliphatic carbocycles. The van der Waals surface area contributed by atoms with E-state index < -0.39 is 0 Å². The van der Waals surface area contributed by atoms with Gasteiger partial charge in [0.25, 0.3) is 0 Å². The highest BCUT2D eigenvalue weighted by molar-refractivity contribution is 5.06. The van der Waals surface area contributed by atoms with Crippen LogP contribution < -0.4 is 0 Å². The summed E-state index contributed by atoms with van der Waals surface area (Å²) in [5, 5.41) is 0. The standard InChI is InChI=1S/C9H16/c1-5-7-9(6-2)8(3)4/h5-6,8H,1,7H2,2-4H3. The lowest BCUT2D eigenvalue weighted by Gasteiger charge is -2.06. The van der Waals surface area contributed by atoms with Crippen LogP contribution in [0.3, 0.4) is 0 Å². The molecule has 52 valence electrons. The van der Waals surface area contributed by atoms with Crippen LogP contribution in [-0.4, -0.2) is 0 Å². The van der Waals surface area contributed by atoms with E-state index in [0.717, 1.165) is 6.42 Å². The maximum atomic E-state index is 3.69. The van der Waals surface area contributed by atoms with Crippen molar-refractivity contribution in [3.05, 3.63) is 24.3 Å².